The Kier molecular flexibility index (Phi) is 27.1. The molecule has 2 unspecified atom stereocenters. The van der Waals surface area contributed by atoms with Crippen molar-refractivity contribution in [2.75, 3.05) is 16.7 Å². The van der Waals surface area contributed by atoms with Crippen LogP contribution in [0, 0.1) is 0 Å². The summed E-state index contributed by atoms with van der Waals surface area (Å²) in [6.07, 6.45) is -2.07. The number of halogens is 7. The topological polar surface area (TPSA) is 93.1 Å². The van der Waals surface area contributed by atoms with Crippen molar-refractivity contribution < 1.29 is 29.3 Å². The number of benzene rings is 2. The Bertz CT molecular complexity index is 739. The second-order valence-electron chi connectivity index (χ2n) is 5.91. The smallest absolute Gasteiger partial charge is 0.326 e. The van der Waals surface area contributed by atoms with Crippen LogP contribution in [0.2, 0.25) is 0 Å². The normalized spacial score (nSPS) is 13.1. The lowest BCUT2D eigenvalue weighted by Gasteiger charge is -2.14. The number of aliphatic hydroxyl groups excluding tert-OH is 2. The number of esters is 2. The van der Waals surface area contributed by atoms with Gasteiger partial charge < -0.3 is 19.7 Å². The van der Waals surface area contributed by atoms with Crippen LogP contribution in [0.3, 0.4) is 0 Å². The van der Waals surface area contributed by atoms with Crippen LogP contribution in [-0.4, -0.2) is 49.5 Å². The highest BCUT2D eigenvalue weighted by Crippen LogP contribution is 2.22. The fraction of sp³-hybridized carbons (Fsp3) is 0.364. The van der Waals surface area contributed by atoms with Crippen LogP contribution < -0.4 is 0 Å². The maximum Gasteiger partial charge on any atom is 0.326 e. The van der Waals surface area contributed by atoms with E-state index >= 15 is 0 Å². The van der Waals surface area contributed by atoms with Gasteiger partial charge in [0.1, 0.15) is 12.1 Å². The molecule has 0 aliphatic heterocycles. The van der Waals surface area contributed by atoms with E-state index in [2.05, 4.69) is 122 Å². The first-order valence-electron chi connectivity index (χ1n) is 9.42. The van der Waals surface area contributed by atoms with Gasteiger partial charge in [0.15, 0.2) is 10.8 Å². The van der Waals surface area contributed by atoms with Crippen LogP contribution in [0.25, 0.3) is 0 Å². The SMILES string of the molecule is COC(=O)C(Cl)C(O)c1ccccc1.COC(=O)[C@@H](Cl)[C@H](O)c1ccccc1.IC(I)I.ICI. The lowest BCUT2D eigenvalue weighted by atomic mass is 10.1. The van der Waals surface area contributed by atoms with Gasteiger partial charge in [0.05, 0.1) is 16.7 Å². The molecule has 0 bridgehead atoms. The summed E-state index contributed by atoms with van der Waals surface area (Å²) in [5.41, 5.74) is 1.19. The molecule has 0 radical (unpaired) electrons. The van der Waals surface area contributed by atoms with E-state index in [1.54, 1.807) is 48.5 Å². The van der Waals surface area contributed by atoms with E-state index < -0.39 is 34.9 Å². The Hall–Kier alpha value is 1.53. The van der Waals surface area contributed by atoms with E-state index in [0.29, 0.717) is 11.1 Å². The monoisotopic (exact) mass is 1090 g/mol. The first-order valence-corrected chi connectivity index (χ1v) is 17.1. The summed E-state index contributed by atoms with van der Waals surface area (Å²) in [6.45, 7) is 0. The predicted molar refractivity (Wildman–Crippen MR) is 185 cm³/mol. The molecule has 2 N–H and O–H groups in total. The molecule has 2 aromatic rings. The van der Waals surface area contributed by atoms with E-state index in [1.807, 2.05) is 12.1 Å². The number of rotatable bonds is 6. The minimum atomic E-state index is -1.07. The number of alkyl halides is 7. The van der Waals surface area contributed by atoms with Gasteiger partial charge >= 0.3 is 11.9 Å². The van der Waals surface area contributed by atoms with Crippen molar-refractivity contribution in [3.63, 3.8) is 0 Å². The molecule has 2 aromatic carbocycles. The van der Waals surface area contributed by atoms with Crippen molar-refractivity contribution in [1.82, 2.24) is 0 Å². The molecule has 0 amide bonds. The predicted octanol–water partition coefficient (Wildman–Crippen LogP) is 7.39. The average molecular weight is 1090 g/mol. The molecule has 0 spiro atoms. The third-order valence-electron chi connectivity index (χ3n) is 3.69. The summed E-state index contributed by atoms with van der Waals surface area (Å²) in [6, 6.07) is 17.5. The molecular weight excluding hydrogens is 1070 g/mol. The van der Waals surface area contributed by atoms with Gasteiger partial charge in [-0.25, -0.2) is 0 Å². The minimum Gasteiger partial charge on any atom is -0.468 e. The van der Waals surface area contributed by atoms with Crippen LogP contribution in [0.15, 0.2) is 60.7 Å². The average Bonchev–Trinajstić information content (AvgIpc) is 2.87. The lowest BCUT2D eigenvalue weighted by molar-refractivity contribution is -0.143. The molecule has 0 aliphatic rings. The standard InChI is InChI=1S/2C10H11ClO3.CHI3.CH2I2/c2*1-14-10(13)8(11)9(12)7-5-3-2-4-6-7;2-1(3)4;2-1-3/h2*2-6,8-9,12H,1H3;1H;1H2/t8-,9+;;;/m0.../s1. The maximum atomic E-state index is 11.0. The molecule has 0 heterocycles. The van der Waals surface area contributed by atoms with Crippen LogP contribution in [0.5, 0.6) is 0 Å². The summed E-state index contributed by atoms with van der Waals surface area (Å²) in [5, 5.41) is 17.2. The Balaban J connectivity index is 0. The zero-order valence-corrected chi connectivity index (χ0v) is 30.8. The zero-order valence-electron chi connectivity index (χ0n) is 18.5. The van der Waals surface area contributed by atoms with Gasteiger partial charge in [-0.05, 0) is 11.1 Å². The van der Waals surface area contributed by atoms with Crippen molar-refractivity contribution in [3.8, 4) is 0 Å². The quantitative estimate of drug-likeness (QED) is 0.178. The van der Waals surface area contributed by atoms with Crippen molar-refractivity contribution in [2.24, 2.45) is 0 Å². The van der Waals surface area contributed by atoms with Gasteiger partial charge in [-0.15, -0.1) is 23.2 Å². The molecule has 0 aromatic heterocycles. The van der Waals surface area contributed by atoms with E-state index in [4.69, 9.17) is 23.2 Å². The molecule has 0 saturated carbocycles. The van der Waals surface area contributed by atoms with Crippen molar-refractivity contribution in [3.05, 3.63) is 71.8 Å². The summed E-state index contributed by atoms with van der Waals surface area (Å²) >= 11 is 22.9. The third kappa shape index (κ3) is 19.3. The van der Waals surface area contributed by atoms with Crippen molar-refractivity contribution in [2.45, 2.75) is 22.9 Å². The maximum absolute atomic E-state index is 11.0. The van der Waals surface area contributed by atoms with Crippen LogP contribution in [-0.2, 0) is 19.1 Å². The fourth-order valence-corrected chi connectivity index (χ4v) is 2.59. The second kappa shape index (κ2) is 24.6. The molecule has 2 rings (SSSR count). The fourth-order valence-electron chi connectivity index (χ4n) is 2.12. The molecule has 0 aliphatic carbocycles. The minimum absolute atomic E-state index is 0.595. The first-order chi connectivity index (χ1) is 16.5. The first kappa shape index (κ1) is 38.7. The Labute approximate surface area is 284 Å². The number of methoxy groups -OCH3 is 2. The van der Waals surface area contributed by atoms with Crippen LogP contribution in [0.1, 0.15) is 23.3 Å². The number of hydrogen-bond acceptors (Lipinski definition) is 6. The third-order valence-corrected chi connectivity index (χ3v) is 4.52. The van der Waals surface area contributed by atoms with E-state index in [1.165, 1.54) is 16.7 Å². The molecule has 13 heteroatoms. The van der Waals surface area contributed by atoms with E-state index in [-0.39, 0.29) is 0 Å². The molecule has 4 atom stereocenters. The van der Waals surface area contributed by atoms with Gasteiger partial charge in [-0.3, -0.25) is 9.59 Å². The van der Waals surface area contributed by atoms with Gasteiger partial charge in [0.2, 0.25) is 0 Å². The number of carbonyl (C=O) groups excluding carboxylic acids is 2. The Morgan fingerprint density at radius 3 is 1.17 bits per heavy atom. The number of ether oxygens (including phenoxy) is 2. The van der Waals surface area contributed by atoms with E-state index in [0.717, 1.165) is -0.0619 Å². The molecule has 6 nitrogen and oxygen atoms in total. The number of hydrogen-bond donors (Lipinski definition) is 2. The Morgan fingerprint density at radius 2 is 0.971 bits per heavy atom. The molecule has 0 saturated heterocycles. The largest absolute Gasteiger partial charge is 0.468 e. The van der Waals surface area contributed by atoms with Crippen molar-refractivity contribution >= 4 is 148 Å². The summed E-state index contributed by atoms with van der Waals surface area (Å²) in [4.78, 5) is 22.0. The summed E-state index contributed by atoms with van der Waals surface area (Å²) in [7, 11) is 2.46. The highest BCUT2D eigenvalue weighted by Gasteiger charge is 2.27. The summed E-state index contributed by atoms with van der Waals surface area (Å²) in [5.74, 6) is -1.27. The number of carbonyl (C=O) groups is 2. The number of aliphatic hydroxyl groups is 2. The van der Waals surface area contributed by atoms with Gasteiger partial charge in [0.25, 0.3) is 0 Å². The Morgan fingerprint density at radius 1 is 0.743 bits per heavy atom. The zero-order chi connectivity index (χ0) is 27.4. The van der Waals surface area contributed by atoms with Crippen LogP contribution in [0.4, 0.5) is 0 Å². The summed E-state index contributed by atoms with van der Waals surface area (Å²) < 4.78 is 10.8. The van der Waals surface area contributed by atoms with Gasteiger partial charge in [-0.2, -0.15) is 0 Å². The van der Waals surface area contributed by atoms with Gasteiger partial charge in [0, 0.05) is 0 Å². The molecule has 0 fully saturated rings. The molecule has 198 valence electrons. The van der Waals surface area contributed by atoms with Crippen molar-refractivity contribution in [1.29, 1.82) is 0 Å². The van der Waals surface area contributed by atoms with E-state index in [9.17, 15) is 19.8 Å². The van der Waals surface area contributed by atoms with Crippen LogP contribution >= 0.6 is 136 Å². The molecular formula is C22H25Cl2I5O6. The highest BCUT2D eigenvalue weighted by molar-refractivity contribution is 14.3. The van der Waals surface area contributed by atoms with Gasteiger partial charge in [-0.1, -0.05) is 174 Å². The molecule has 35 heavy (non-hydrogen) atoms. The highest BCUT2D eigenvalue weighted by atomic mass is 127. The second-order valence-corrected chi connectivity index (χ2v) is 22.2. The lowest BCUT2D eigenvalue weighted by Crippen LogP contribution is -2.23.